The number of pyridine rings is 1. The fraction of sp³-hybridized carbons (Fsp3) is 0.421. The zero-order valence-corrected chi connectivity index (χ0v) is 16.7. The van der Waals surface area contributed by atoms with E-state index in [2.05, 4.69) is 0 Å². The molecule has 7 heteroatoms. The Hall–Kier alpha value is -1.88. The summed E-state index contributed by atoms with van der Waals surface area (Å²) in [7, 11) is -1.84. The van der Waals surface area contributed by atoms with Crippen molar-refractivity contribution in [3.05, 3.63) is 52.9 Å². The molecule has 0 saturated heterocycles. The molecule has 26 heavy (non-hydrogen) atoms. The fourth-order valence-corrected chi connectivity index (χ4v) is 4.60. The van der Waals surface area contributed by atoms with Crippen molar-refractivity contribution in [3.63, 3.8) is 0 Å². The lowest BCUT2D eigenvalue weighted by Gasteiger charge is -2.23. The first-order valence-corrected chi connectivity index (χ1v) is 10.3. The Balaban J connectivity index is 2.30. The molecular formula is C19H26NO5P. The smallest absolute Gasteiger partial charge is 0.350 e. The Morgan fingerprint density at radius 1 is 1.00 bits per heavy atom. The van der Waals surface area contributed by atoms with E-state index in [0.717, 1.165) is 11.1 Å². The van der Waals surface area contributed by atoms with Crippen molar-refractivity contribution >= 4 is 7.60 Å². The summed E-state index contributed by atoms with van der Waals surface area (Å²) in [5.41, 5.74) is 1.36. The van der Waals surface area contributed by atoms with Gasteiger partial charge in [-0.25, -0.2) is 0 Å². The van der Waals surface area contributed by atoms with Gasteiger partial charge in [-0.15, -0.1) is 0 Å². The van der Waals surface area contributed by atoms with Gasteiger partial charge in [-0.3, -0.25) is 9.36 Å². The summed E-state index contributed by atoms with van der Waals surface area (Å²) in [4.78, 5) is 12.5. The van der Waals surface area contributed by atoms with Crippen molar-refractivity contribution in [2.24, 2.45) is 0 Å². The van der Waals surface area contributed by atoms with E-state index >= 15 is 0 Å². The molecule has 6 nitrogen and oxygen atoms in total. The maximum absolute atomic E-state index is 13.0. The van der Waals surface area contributed by atoms with Gasteiger partial charge in [0.1, 0.15) is 12.0 Å². The number of nitrogens with zero attached hydrogens (tertiary/aromatic N) is 1. The number of hydrogen-bond acceptors (Lipinski definition) is 5. The Kier molecular flexibility index (Phi) is 6.81. The third-order valence-electron chi connectivity index (χ3n) is 3.47. The zero-order chi connectivity index (χ0) is 19.3. The first kappa shape index (κ1) is 20.4. The molecule has 1 heterocycles. The van der Waals surface area contributed by atoms with Gasteiger partial charge in [-0.1, -0.05) is 12.1 Å². The fourth-order valence-electron chi connectivity index (χ4n) is 2.53. The SMILES string of the molecule is COc1cccc(-c2ccn(CP(=O)(OC(C)C)OC(C)C)c(=O)c2)c1. The molecule has 0 aliphatic heterocycles. The molecule has 0 amide bonds. The monoisotopic (exact) mass is 379 g/mol. The lowest BCUT2D eigenvalue weighted by Crippen LogP contribution is -2.21. The number of hydrogen-bond donors (Lipinski definition) is 0. The molecular weight excluding hydrogens is 353 g/mol. The summed E-state index contributed by atoms with van der Waals surface area (Å²) in [5.74, 6) is 0.715. The Bertz CT molecular complexity index is 830. The highest BCUT2D eigenvalue weighted by atomic mass is 31.2. The van der Waals surface area contributed by atoms with Gasteiger partial charge >= 0.3 is 7.60 Å². The van der Waals surface area contributed by atoms with Crippen LogP contribution in [0.1, 0.15) is 27.7 Å². The highest BCUT2D eigenvalue weighted by Gasteiger charge is 2.28. The van der Waals surface area contributed by atoms with E-state index in [1.807, 2.05) is 24.3 Å². The molecule has 0 radical (unpaired) electrons. The summed E-state index contributed by atoms with van der Waals surface area (Å²) in [6.45, 7) is 7.13. The van der Waals surface area contributed by atoms with Crippen LogP contribution in [0.15, 0.2) is 47.4 Å². The van der Waals surface area contributed by atoms with Gasteiger partial charge in [-0.05, 0) is 57.0 Å². The van der Waals surface area contributed by atoms with Crippen LogP contribution < -0.4 is 10.3 Å². The summed E-state index contributed by atoms with van der Waals surface area (Å²) < 4.78 is 30.6. The molecule has 0 aliphatic carbocycles. The normalized spacial score (nSPS) is 12.0. The second kappa shape index (κ2) is 8.67. The molecule has 1 aromatic carbocycles. The number of rotatable bonds is 8. The molecule has 0 unspecified atom stereocenters. The van der Waals surface area contributed by atoms with Gasteiger partial charge in [-0.2, -0.15) is 0 Å². The largest absolute Gasteiger partial charge is 0.497 e. The maximum atomic E-state index is 13.0. The standard InChI is InChI=1S/C19H26NO5P/c1-14(2)24-26(22,25-15(3)4)13-20-10-9-17(12-19(20)21)16-7-6-8-18(11-16)23-5/h6-12,14-15H,13H2,1-5H3. The third-order valence-corrected chi connectivity index (χ3v) is 5.60. The first-order valence-electron chi connectivity index (χ1n) is 8.53. The van der Waals surface area contributed by atoms with Crippen molar-refractivity contribution in [3.8, 4) is 16.9 Å². The molecule has 0 aliphatic rings. The van der Waals surface area contributed by atoms with Crippen molar-refractivity contribution in [2.45, 2.75) is 46.2 Å². The highest BCUT2D eigenvalue weighted by molar-refractivity contribution is 7.52. The van der Waals surface area contributed by atoms with Crippen LogP contribution in [-0.2, 0) is 19.9 Å². The van der Waals surface area contributed by atoms with E-state index in [1.54, 1.807) is 47.1 Å². The highest BCUT2D eigenvalue weighted by Crippen LogP contribution is 2.51. The van der Waals surface area contributed by atoms with Crippen LogP contribution in [0.5, 0.6) is 5.75 Å². The predicted molar refractivity (Wildman–Crippen MR) is 103 cm³/mol. The second-order valence-electron chi connectivity index (χ2n) is 6.52. The summed E-state index contributed by atoms with van der Waals surface area (Å²) in [5, 5.41) is 0. The van der Waals surface area contributed by atoms with Crippen LogP contribution in [0.3, 0.4) is 0 Å². The quantitative estimate of drug-likeness (QED) is 0.631. The number of methoxy groups -OCH3 is 1. The van der Waals surface area contributed by atoms with Crippen molar-refractivity contribution in [2.75, 3.05) is 7.11 Å². The second-order valence-corrected chi connectivity index (χ2v) is 8.44. The molecule has 0 atom stereocenters. The van der Waals surface area contributed by atoms with Crippen LogP contribution in [0, 0.1) is 0 Å². The molecule has 142 valence electrons. The van der Waals surface area contributed by atoms with Crippen molar-refractivity contribution < 1.29 is 18.3 Å². The minimum Gasteiger partial charge on any atom is -0.497 e. The van der Waals surface area contributed by atoms with Gasteiger partial charge in [0, 0.05) is 12.3 Å². The average Bonchev–Trinajstić information content (AvgIpc) is 2.55. The van der Waals surface area contributed by atoms with Crippen molar-refractivity contribution in [1.82, 2.24) is 4.57 Å². The van der Waals surface area contributed by atoms with Gasteiger partial charge < -0.3 is 18.4 Å². The number of ether oxygens (including phenoxy) is 1. The minimum atomic E-state index is -3.44. The van der Waals surface area contributed by atoms with E-state index in [-0.39, 0.29) is 24.1 Å². The lowest BCUT2D eigenvalue weighted by atomic mass is 10.1. The van der Waals surface area contributed by atoms with Crippen LogP contribution in [0.2, 0.25) is 0 Å². The number of aromatic nitrogens is 1. The van der Waals surface area contributed by atoms with Crippen LogP contribution in [0.25, 0.3) is 11.1 Å². The zero-order valence-electron chi connectivity index (χ0n) is 15.8. The van der Waals surface area contributed by atoms with Gasteiger partial charge in [0.2, 0.25) is 0 Å². The van der Waals surface area contributed by atoms with E-state index in [1.165, 1.54) is 10.6 Å². The Labute approximate surface area is 154 Å². The molecule has 0 bridgehead atoms. The molecule has 0 spiro atoms. The molecule has 0 saturated carbocycles. The molecule has 2 aromatic rings. The Morgan fingerprint density at radius 3 is 2.15 bits per heavy atom. The van der Waals surface area contributed by atoms with E-state index in [9.17, 15) is 9.36 Å². The van der Waals surface area contributed by atoms with Crippen LogP contribution in [0.4, 0.5) is 0 Å². The van der Waals surface area contributed by atoms with E-state index in [4.69, 9.17) is 13.8 Å². The summed E-state index contributed by atoms with van der Waals surface area (Å²) in [6, 6.07) is 10.8. The topological polar surface area (TPSA) is 66.8 Å². The van der Waals surface area contributed by atoms with Gasteiger partial charge in [0.25, 0.3) is 5.56 Å². The van der Waals surface area contributed by atoms with E-state index < -0.39 is 7.60 Å². The Morgan fingerprint density at radius 2 is 1.62 bits per heavy atom. The van der Waals surface area contributed by atoms with Crippen LogP contribution in [-0.4, -0.2) is 23.9 Å². The average molecular weight is 379 g/mol. The predicted octanol–water partition coefficient (Wildman–Crippen LogP) is 4.52. The lowest BCUT2D eigenvalue weighted by molar-refractivity contribution is 0.138. The maximum Gasteiger partial charge on any atom is 0.350 e. The molecule has 1 aromatic heterocycles. The third kappa shape index (κ3) is 5.56. The molecule has 0 fully saturated rings. The van der Waals surface area contributed by atoms with Gasteiger partial charge in [0.15, 0.2) is 0 Å². The van der Waals surface area contributed by atoms with E-state index in [0.29, 0.717) is 5.75 Å². The van der Waals surface area contributed by atoms with Crippen molar-refractivity contribution in [1.29, 1.82) is 0 Å². The minimum absolute atomic E-state index is 0.124. The van der Waals surface area contributed by atoms with Gasteiger partial charge in [0.05, 0.1) is 19.3 Å². The first-order chi connectivity index (χ1) is 12.2. The molecule has 2 rings (SSSR count). The summed E-state index contributed by atoms with van der Waals surface area (Å²) >= 11 is 0. The number of benzene rings is 1. The van der Waals surface area contributed by atoms with Crippen LogP contribution >= 0.6 is 7.60 Å². The molecule has 0 N–H and O–H groups in total. The summed E-state index contributed by atoms with van der Waals surface area (Å²) in [6.07, 6.45) is 0.940.